The van der Waals surface area contributed by atoms with E-state index >= 15 is 0 Å². The summed E-state index contributed by atoms with van der Waals surface area (Å²) in [5.74, 6) is -0.334. The Morgan fingerprint density at radius 2 is 2.00 bits per heavy atom. The second-order valence-electron chi connectivity index (χ2n) is 4.91. The smallest absolute Gasteiger partial charge is 0.242 e. The standard InChI is InChI=1S/C15H21N3O/c16-15(19)14-9-3-1-2-6-10-17-13-8-5-4-7-12(13)11-18-14/h4-5,7-8,11,14,17H,1-3,6,9-10H2,(H2,16,19). The number of anilines is 1. The third-order valence-corrected chi connectivity index (χ3v) is 3.40. The van der Waals surface area contributed by atoms with Crippen molar-refractivity contribution in [3.63, 3.8) is 0 Å². The number of hydrogen-bond acceptors (Lipinski definition) is 3. The SMILES string of the molecule is NC(=O)C1CCCCCCNc2ccccc2C=N1. The van der Waals surface area contributed by atoms with Gasteiger partial charge in [0.05, 0.1) is 0 Å². The van der Waals surface area contributed by atoms with Crippen molar-refractivity contribution in [2.75, 3.05) is 11.9 Å². The molecule has 1 heterocycles. The van der Waals surface area contributed by atoms with E-state index in [-0.39, 0.29) is 5.91 Å². The summed E-state index contributed by atoms with van der Waals surface area (Å²) in [5, 5.41) is 3.42. The fourth-order valence-electron chi connectivity index (χ4n) is 2.27. The maximum Gasteiger partial charge on any atom is 0.242 e. The Morgan fingerprint density at radius 1 is 1.21 bits per heavy atom. The van der Waals surface area contributed by atoms with Crippen LogP contribution < -0.4 is 11.1 Å². The van der Waals surface area contributed by atoms with Gasteiger partial charge in [-0.3, -0.25) is 9.79 Å². The summed E-state index contributed by atoms with van der Waals surface area (Å²) in [6.07, 6.45) is 6.97. The lowest BCUT2D eigenvalue weighted by Gasteiger charge is -2.13. The van der Waals surface area contributed by atoms with Crippen molar-refractivity contribution in [3.05, 3.63) is 29.8 Å². The molecular weight excluding hydrogens is 238 g/mol. The van der Waals surface area contributed by atoms with E-state index in [1.54, 1.807) is 6.21 Å². The van der Waals surface area contributed by atoms with Gasteiger partial charge in [0, 0.05) is 24.0 Å². The van der Waals surface area contributed by atoms with Gasteiger partial charge in [0.25, 0.3) is 0 Å². The Labute approximate surface area is 114 Å². The van der Waals surface area contributed by atoms with Gasteiger partial charge in [-0.2, -0.15) is 0 Å². The maximum absolute atomic E-state index is 11.4. The van der Waals surface area contributed by atoms with Crippen LogP contribution in [-0.2, 0) is 4.79 Å². The molecule has 19 heavy (non-hydrogen) atoms. The second kappa shape index (κ2) is 6.92. The Balaban J connectivity index is 2.21. The third kappa shape index (κ3) is 4.09. The number of fused-ring (bicyclic) bond motifs is 1. The van der Waals surface area contributed by atoms with Crippen LogP contribution in [-0.4, -0.2) is 24.7 Å². The Morgan fingerprint density at radius 3 is 2.84 bits per heavy atom. The topological polar surface area (TPSA) is 67.5 Å². The summed E-state index contributed by atoms with van der Waals surface area (Å²) >= 11 is 0. The zero-order chi connectivity index (χ0) is 13.5. The van der Waals surface area contributed by atoms with Gasteiger partial charge in [-0.25, -0.2) is 0 Å². The van der Waals surface area contributed by atoms with Crippen LogP contribution in [0.1, 0.15) is 37.7 Å². The van der Waals surface area contributed by atoms with Gasteiger partial charge < -0.3 is 11.1 Å². The fraction of sp³-hybridized carbons (Fsp3) is 0.467. The fourth-order valence-corrected chi connectivity index (χ4v) is 2.27. The zero-order valence-electron chi connectivity index (χ0n) is 11.1. The van der Waals surface area contributed by atoms with Crippen LogP contribution in [0.25, 0.3) is 0 Å². The summed E-state index contributed by atoms with van der Waals surface area (Å²) in [6, 6.07) is 7.60. The summed E-state index contributed by atoms with van der Waals surface area (Å²) in [6.45, 7) is 0.976. The molecule has 1 unspecified atom stereocenters. The number of benzene rings is 1. The number of nitrogens with zero attached hydrogens (tertiary/aromatic N) is 1. The lowest BCUT2D eigenvalue weighted by atomic mass is 10.1. The van der Waals surface area contributed by atoms with Crippen LogP contribution in [0.3, 0.4) is 0 Å². The van der Waals surface area contributed by atoms with Gasteiger partial charge in [-0.15, -0.1) is 0 Å². The number of nitrogens with two attached hydrogens (primary N) is 1. The molecule has 0 fully saturated rings. The molecular formula is C15H21N3O. The van der Waals surface area contributed by atoms with Gasteiger partial charge in [0.15, 0.2) is 0 Å². The van der Waals surface area contributed by atoms with E-state index < -0.39 is 6.04 Å². The monoisotopic (exact) mass is 259 g/mol. The number of carbonyl (C=O) groups is 1. The van der Waals surface area contributed by atoms with Gasteiger partial charge in [-0.05, 0) is 18.9 Å². The highest BCUT2D eigenvalue weighted by molar-refractivity contribution is 5.90. The minimum atomic E-state index is -0.396. The molecule has 0 saturated heterocycles. The van der Waals surface area contributed by atoms with E-state index in [9.17, 15) is 4.79 Å². The molecule has 4 heteroatoms. The first-order valence-electron chi connectivity index (χ1n) is 6.93. The lowest BCUT2D eigenvalue weighted by Crippen LogP contribution is -2.27. The van der Waals surface area contributed by atoms with Crippen LogP contribution in [0.2, 0.25) is 0 Å². The van der Waals surface area contributed by atoms with E-state index in [0.717, 1.165) is 43.5 Å². The molecule has 1 aromatic carbocycles. The molecule has 1 amide bonds. The molecule has 3 N–H and O–H groups in total. The molecule has 4 nitrogen and oxygen atoms in total. The van der Waals surface area contributed by atoms with Crippen molar-refractivity contribution in [2.24, 2.45) is 10.7 Å². The summed E-state index contributed by atoms with van der Waals surface area (Å²) in [4.78, 5) is 15.7. The molecule has 0 aromatic heterocycles. The Hall–Kier alpha value is -1.84. The molecule has 0 aliphatic carbocycles. The summed E-state index contributed by atoms with van der Waals surface area (Å²) in [5.41, 5.74) is 7.47. The second-order valence-corrected chi connectivity index (χ2v) is 4.91. The highest BCUT2D eigenvalue weighted by atomic mass is 16.1. The molecule has 1 aliphatic rings. The number of nitrogens with one attached hydrogen (secondary N) is 1. The van der Waals surface area contributed by atoms with Gasteiger partial charge in [-0.1, -0.05) is 37.5 Å². The lowest BCUT2D eigenvalue weighted by molar-refractivity contribution is -0.119. The van der Waals surface area contributed by atoms with Gasteiger partial charge >= 0.3 is 0 Å². The first-order valence-corrected chi connectivity index (χ1v) is 6.93. The minimum absolute atomic E-state index is 0.334. The first-order chi connectivity index (χ1) is 9.27. The van der Waals surface area contributed by atoms with Gasteiger partial charge in [0.2, 0.25) is 5.91 Å². The molecule has 0 spiro atoms. The van der Waals surface area contributed by atoms with E-state index in [4.69, 9.17) is 5.73 Å². The number of rotatable bonds is 1. The van der Waals surface area contributed by atoms with Crippen molar-refractivity contribution < 1.29 is 4.79 Å². The third-order valence-electron chi connectivity index (χ3n) is 3.40. The van der Waals surface area contributed by atoms with Crippen LogP contribution >= 0.6 is 0 Å². The Bertz CT molecular complexity index is 456. The summed E-state index contributed by atoms with van der Waals surface area (Å²) in [7, 11) is 0. The predicted molar refractivity (Wildman–Crippen MR) is 78.6 cm³/mol. The maximum atomic E-state index is 11.4. The average Bonchev–Trinajstić information content (AvgIpc) is 2.39. The highest BCUT2D eigenvalue weighted by Gasteiger charge is 2.13. The van der Waals surface area contributed by atoms with Crippen LogP contribution in [0.5, 0.6) is 0 Å². The van der Waals surface area contributed by atoms with Crippen molar-refractivity contribution >= 4 is 17.8 Å². The largest absolute Gasteiger partial charge is 0.385 e. The number of hydrogen-bond donors (Lipinski definition) is 2. The van der Waals surface area contributed by atoms with Crippen molar-refractivity contribution in [2.45, 2.75) is 38.1 Å². The molecule has 0 radical (unpaired) electrons. The number of carbonyl (C=O) groups excluding carboxylic acids is 1. The molecule has 1 aromatic rings. The summed E-state index contributed by atoms with van der Waals surface area (Å²) < 4.78 is 0. The number of amides is 1. The highest BCUT2D eigenvalue weighted by Crippen LogP contribution is 2.16. The molecule has 0 saturated carbocycles. The van der Waals surface area contributed by atoms with E-state index in [2.05, 4.69) is 10.3 Å². The van der Waals surface area contributed by atoms with E-state index in [1.165, 1.54) is 6.42 Å². The normalized spacial score (nSPS) is 20.5. The quantitative estimate of drug-likeness (QED) is 0.812. The van der Waals surface area contributed by atoms with Crippen molar-refractivity contribution in [1.29, 1.82) is 0 Å². The minimum Gasteiger partial charge on any atom is -0.385 e. The average molecular weight is 259 g/mol. The van der Waals surface area contributed by atoms with Crippen molar-refractivity contribution in [3.8, 4) is 0 Å². The van der Waals surface area contributed by atoms with Crippen molar-refractivity contribution in [1.82, 2.24) is 0 Å². The van der Waals surface area contributed by atoms with E-state index in [1.807, 2.05) is 24.3 Å². The number of aliphatic imine (C=N–C) groups is 1. The Kier molecular flexibility index (Phi) is 4.95. The van der Waals surface area contributed by atoms with Crippen LogP contribution in [0.15, 0.2) is 29.3 Å². The van der Waals surface area contributed by atoms with Crippen LogP contribution in [0.4, 0.5) is 5.69 Å². The number of para-hydroxylation sites is 1. The van der Waals surface area contributed by atoms with Crippen LogP contribution in [0, 0.1) is 0 Å². The number of primary amides is 1. The first kappa shape index (κ1) is 13.6. The molecule has 102 valence electrons. The zero-order valence-corrected chi connectivity index (χ0v) is 11.1. The molecule has 1 aliphatic heterocycles. The molecule has 0 bridgehead atoms. The predicted octanol–water partition coefficient (Wildman–Crippen LogP) is 2.34. The van der Waals surface area contributed by atoms with E-state index in [0.29, 0.717) is 0 Å². The van der Waals surface area contributed by atoms with Gasteiger partial charge in [0.1, 0.15) is 6.04 Å². The molecule has 2 rings (SSSR count). The molecule has 1 atom stereocenters.